The Hall–Kier alpha value is -0.250. The highest BCUT2D eigenvalue weighted by Crippen LogP contribution is 2.45. The zero-order valence-corrected chi connectivity index (χ0v) is 13.3. The van der Waals surface area contributed by atoms with Gasteiger partial charge in [0.05, 0.1) is 18.1 Å². The Bertz CT molecular complexity index is 442. The summed E-state index contributed by atoms with van der Waals surface area (Å²) in [5.41, 5.74) is 1.82. The first-order chi connectivity index (χ1) is 8.48. The molecular formula is C14H18BrClO2. The third-order valence-electron chi connectivity index (χ3n) is 3.57. The summed E-state index contributed by atoms with van der Waals surface area (Å²) in [6, 6.07) is 4.05. The summed E-state index contributed by atoms with van der Waals surface area (Å²) < 4.78 is 12.3. The number of hydrogen-bond donors (Lipinski definition) is 0. The Balaban J connectivity index is 2.40. The lowest BCUT2D eigenvalue weighted by Gasteiger charge is -2.30. The van der Waals surface area contributed by atoms with Crippen molar-refractivity contribution in [3.63, 3.8) is 0 Å². The average Bonchev–Trinajstić information content (AvgIpc) is 2.79. The minimum absolute atomic E-state index is 0.202. The second-order valence-electron chi connectivity index (χ2n) is 4.97. The molecular weight excluding hydrogens is 316 g/mol. The predicted octanol–water partition coefficient (Wildman–Crippen LogP) is 4.62. The quantitative estimate of drug-likeness (QED) is 0.752. The molecule has 1 heterocycles. The summed E-state index contributed by atoms with van der Waals surface area (Å²) in [4.78, 5) is 0. The Morgan fingerprint density at radius 2 is 2.22 bits per heavy atom. The molecule has 1 saturated heterocycles. The molecule has 0 bridgehead atoms. The normalized spacial score (nSPS) is 25.2. The topological polar surface area (TPSA) is 18.5 Å². The first-order valence-electron chi connectivity index (χ1n) is 6.10. The van der Waals surface area contributed by atoms with Crippen LogP contribution < -0.4 is 4.74 Å². The summed E-state index contributed by atoms with van der Waals surface area (Å²) in [6.45, 7) is 4.90. The zero-order valence-electron chi connectivity index (χ0n) is 10.9. The van der Waals surface area contributed by atoms with Gasteiger partial charge in [-0.15, -0.1) is 11.6 Å². The molecule has 2 unspecified atom stereocenters. The van der Waals surface area contributed by atoms with Crippen LogP contribution in [0.3, 0.4) is 0 Å². The summed E-state index contributed by atoms with van der Waals surface area (Å²) in [5.74, 6) is 0.826. The molecule has 0 aromatic heterocycles. The predicted molar refractivity (Wildman–Crippen MR) is 77.6 cm³/mol. The average molecular weight is 334 g/mol. The van der Waals surface area contributed by atoms with E-state index < -0.39 is 0 Å². The third-order valence-corrected chi connectivity index (χ3v) is 5.12. The summed E-state index contributed by atoms with van der Waals surface area (Å²) in [7, 11) is 1.67. The summed E-state index contributed by atoms with van der Waals surface area (Å²) >= 11 is 10.2. The van der Waals surface area contributed by atoms with Gasteiger partial charge in [0.1, 0.15) is 5.75 Å². The molecule has 1 aliphatic rings. The highest BCUT2D eigenvalue weighted by molar-refractivity contribution is 9.10. The number of ether oxygens (including phenoxy) is 2. The molecule has 2 rings (SSSR count). The van der Waals surface area contributed by atoms with E-state index in [4.69, 9.17) is 21.1 Å². The van der Waals surface area contributed by atoms with Crippen molar-refractivity contribution >= 4 is 27.5 Å². The highest BCUT2D eigenvalue weighted by atomic mass is 79.9. The van der Waals surface area contributed by atoms with Crippen LogP contribution in [0.25, 0.3) is 0 Å². The van der Waals surface area contributed by atoms with Gasteiger partial charge in [0.25, 0.3) is 0 Å². The highest BCUT2D eigenvalue weighted by Gasteiger charge is 2.39. The van der Waals surface area contributed by atoms with Gasteiger partial charge in [-0.1, -0.05) is 15.9 Å². The van der Waals surface area contributed by atoms with Crippen molar-refractivity contribution in [1.29, 1.82) is 0 Å². The maximum atomic E-state index is 6.64. The molecule has 1 aliphatic heterocycles. The van der Waals surface area contributed by atoms with Crippen molar-refractivity contribution in [3.8, 4) is 5.75 Å². The lowest BCUT2D eigenvalue weighted by Crippen LogP contribution is -2.29. The van der Waals surface area contributed by atoms with Crippen molar-refractivity contribution in [2.24, 2.45) is 0 Å². The summed E-state index contributed by atoms with van der Waals surface area (Å²) in [6.07, 6.45) is 2.05. The molecule has 0 radical (unpaired) electrons. The number of aryl methyl sites for hydroxylation is 1. The van der Waals surface area contributed by atoms with E-state index in [-0.39, 0.29) is 11.0 Å². The molecule has 0 spiro atoms. The maximum Gasteiger partial charge on any atom is 0.124 e. The Morgan fingerprint density at radius 1 is 1.50 bits per heavy atom. The van der Waals surface area contributed by atoms with E-state index in [0.717, 1.165) is 40.8 Å². The van der Waals surface area contributed by atoms with Crippen molar-refractivity contribution in [2.45, 2.75) is 37.7 Å². The van der Waals surface area contributed by atoms with Gasteiger partial charge in [-0.3, -0.25) is 0 Å². The zero-order chi connectivity index (χ0) is 13.3. The molecule has 100 valence electrons. The van der Waals surface area contributed by atoms with Gasteiger partial charge >= 0.3 is 0 Å². The van der Waals surface area contributed by atoms with Gasteiger partial charge in [-0.2, -0.15) is 0 Å². The van der Waals surface area contributed by atoms with E-state index >= 15 is 0 Å². The molecule has 18 heavy (non-hydrogen) atoms. The van der Waals surface area contributed by atoms with E-state index in [1.165, 1.54) is 0 Å². The molecule has 0 saturated carbocycles. The van der Waals surface area contributed by atoms with Crippen LogP contribution in [0, 0.1) is 6.92 Å². The van der Waals surface area contributed by atoms with Crippen molar-refractivity contribution < 1.29 is 9.47 Å². The third kappa shape index (κ3) is 2.54. The fourth-order valence-electron chi connectivity index (χ4n) is 2.37. The van der Waals surface area contributed by atoms with Gasteiger partial charge in [-0.05, 0) is 44.4 Å². The van der Waals surface area contributed by atoms with Crippen molar-refractivity contribution in [2.75, 3.05) is 13.7 Å². The van der Waals surface area contributed by atoms with Crippen LogP contribution in [-0.4, -0.2) is 19.3 Å². The number of halogens is 2. The number of rotatable bonds is 3. The lowest BCUT2D eigenvalue weighted by atomic mass is 9.92. The molecule has 4 heteroatoms. The number of hydrogen-bond acceptors (Lipinski definition) is 2. The van der Waals surface area contributed by atoms with E-state index in [9.17, 15) is 0 Å². The van der Waals surface area contributed by atoms with Gasteiger partial charge in [-0.25, -0.2) is 0 Å². The van der Waals surface area contributed by atoms with Crippen LogP contribution in [0.5, 0.6) is 5.75 Å². The van der Waals surface area contributed by atoms with Gasteiger partial charge in [0, 0.05) is 16.6 Å². The van der Waals surface area contributed by atoms with E-state index in [1.54, 1.807) is 7.11 Å². The Morgan fingerprint density at radius 3 is 2.78 bits per heavy atom. The molecule has 0 amide bonds. The first kappa shape index (κ1) is 14.2. The Kier molecular flexibility index (Phi) is 4.25. The standard InChI is InChI=1S/C14H18BrClO2/c1-9-7-12(17-3)10(8-11(9)15)13(16)14(2)5-4-6-18-14/h7-8,13H,4-6H2,1-3H3. The van der Waals surface area contributed by atoms with Crippen LogP contribution in [0.15, 0.2) is 16.6 Å². The van der Waals surface area contributed by atoms with Gasteiger partial charge in [0.15, 0.2) is 0 Å². The van der Waals surface area contributed by atoms with Crippen LogP contribution in [-0.2, 0) is 4.74 Å². The lowest BCUT2D eigenvalue weighted by molar-refractivity contribution is 0.0159. The molecule has 2 nitrogen and oxygen atoms in total. The van der Waals surface area contributed by atoms with Crippen molar-refractivity contribution in [3.05, 3.63) is 27.7 Å². The number of alkyl halides is 1. The van der Waals surface area contributed by atoms with E-state index in [2.05, 4.69) is 22.9 Å². The molecule has 1 aromatic rings. The minimum Gasteiger partial charge on any atom is -0.496 e. The van der Waals surface area contributed by atoms with Crippen LogP contribution in [0.4, 0.5) is 0 Å². The second-order valence-corrected chi connectivity index (χ2v) is 6.26. The van der Waals surface area contributed by atoms with Crippen molar-refractivity contribution in [1.82, 2.24) is 0 Å². The van der Waals surface area contributed by atoms with Crippen LogP contribution >= 0.6 is 27.5 Å². The SMILES string of the molecule is COc1cc(C)c(Br)cc1C(Cl)C1(C)CCCO1. The summed E-state index contributed by atoms with van der Waals surface area (Å²) in [5, 5.41) is -0.202. The van der Waals surface area contributed by atoms with Gasteiger partial charge in [0.2, 0.25) is 0 Å². The number of methoxy groups -OCH3 is 1. The fourth-order valence-corrected chi connectivity index (χ4v) is 3.08. The van der Waals surface area contributed by atoms with E-state index in [1.807, 2.05) is 19.1 Å². The van der Waals surface area contributed by atoms with Crippen LogP contribution in [0.1, 0.15) is 36.3 Å². The monoisotopic (exact) mass is 332 g/mol. The fraction of sp³-hybridized carbons (Fsp3) is 0.571. The number of benzene rings is 1. The largest absolute Gasteiger partial charge is 0.496 e. The van der Waals surface area contributed by atoms with Gasteiger partial charge < -0.3 is 9.47 Å². The van der Waals surface area contributed by atoms with E-state index in [0.29, 0.717) is 0 Å². The molecule has 1 fully saturated rings. The Labute approximate surface area is 122 Å². The van der Waals surface area contributed by atoms with Crippen LogP contribution in [0.2, 0.25) is 0 Å². The molecule has 1 aromatic carbocycles. The first-order valence-corrected chi connectivity index (χ1v) is 7.33. The molecule has 2 atom stereocenters. The minimum atomic E-state index is -0.302. The molecule has 0 aliphatic carbocycles. The molecule has 0 N–H and O–H groups in total. The maximum absolute atomic E-state index is 6.64. The second kappa shape index (κ2) is 5.40. The smallest absolute Gasteiger partial charge is 0.124 e.